The Balaban J connectivity index is 1.60. The van der Waals surface area contributed by atoms with Gasteiger partial charge in [0.15, 0.2) is 0 Å². The topological polar surface area (TPSA) is 61.3 Å². The van der Waals surface area contributed by atoms with Crippen molar-refractivity contribution in [2.75, 3.05) is 0 Å². The van der Waals surface area contributed by atoms with Gasteiger partial charge in [-0.15, -0.1) is 0 Å². The van der Waals surface area contributed by atoms with Crippen molar-refractivity contribution in [3.05, 3.63) is 90.0 Å². The minimum absolute atomic E-state index is 0.165. The van der Waals surface area contributed by atoms with Crippen LogP contribution < -0.4 is 16.2 Å². The molecule has 4 aromatic rings. The van der Waals surface area contributed by atoms with Crippen molar-refractivity contribution in [1.29, 1.82) is 0 Å². The molecular formula is C29H34N2O. The first-order valence-electron chi connectivity index (χ1n) is 11.3. The van der Waals surface area contributed by atoms with E-state index in [2.05, 4.69) is 94.4 Å². The van der Waals surface area contributed by atoms with Crippen LogP contribution in [0.4, 0.5) is 0 Å². The summed E-state index contributed by atoms with van der Waals surface area (Å²) in [6, 6.07) is 27.6. The lowest BCUT2D eigenvalue weighted by Gasteiger charge is -2.35. The average Bonchev–Trinajstić information content (AvgIpc) is 2.74. The Labute approximate surface area is 191 Å². The van der Waals surface area contributed by atoms with Gasteiger partial charge in [-0.05, 0) is 79.4 Å². The summed E-state index contributed by atoms with van der Waals surface area (Å²) < 4.78 is 6.27. The van der Waals surface area contributed by atoms with Crippen molar-refractivity contribution in [3.8, 4) is 5.75 Å². The highest BCUT2D eigenvalue weighted by molar-refractivity contribution is 6.02. The van der Waals surface area contributed by atoms with E-state index in [1.165, 1.54) is 32.7 Å². The average molecular weight is 427 g/mol. The minimum atomic E-state index is -0.360. The summed E-state index contributed by atoms with van der Waals surface area (Å²) in [4.78, 5) is 0. The zero-order chi connectivity index (χ0) is 22.9. The second-order valence-corrected chi connectivity index (χ2v) is 10.2. The molecule has 4 aromatic carbocycles. The van der Waals surface area contributed by atoms with Crippen LogP contribution in [0.25, 0.3) is 21.5 Å². The lowest BCUT2D eigenvalue weighted by Crippen LogP contribution is -2.45. The summed E-state index contributed by atoms with van der Waals surface area (Å²) >= 11 is 0. The summed E-state index contributed by atoms with van der Waals surface area (Å²) in [7, 11) is 0. The number of benzene rings is 4. The third-order valence-corrected chi connectivity index (χ3v) is 6.18. The standard InChI is InChI=1S/C29H34N2O/c1-28(2,30)18-27(29(3,4)31)20-13-15-23(16-14-20)32-19-26-24-11-7-5-9-21(24)17-22-10-6-8-12-25(22)26/h5-17,27H,18-19,30-31H2,1-4H3. The molecule has 1 unspecified atom stereocenters. The largest absolute Gasteiger partial charge is 0.489 e. The molecule has 4 N–H and O–H groups in total. The molecule has 0 heterocycles. The van der Waals surface area contributed by atoms with Gasteiger partial charge < -0.3 is 16.2 Å². The van der Waals surface area contributed by atoms with Crippen LogP contribution in [0.2, 0.25) is 0 Å². The highest BCUT2D eigenvalue weighted by Crippen LogP contribution is 2.34. The molecule has 0 fully saturated rings. The molecule has 0 aromatic heterocycles. The van der Waals surface area contributed by atoms with E-state index in [0.29, 0.717) is 6.61 Å². The third-order valence-electron chi connectivity index (χ3n) is 6.18. The number of nitrogens with two attached hydrogens (primary N) is 2. The fraction of sp³-hybridized carbons (Fsp3) is 0.310. The van der Waals surface area contributed by atoms with Crippen molar-refractivity contribution in [2.24, 2.45) is 11.5 Å². The Kier molecular flexibility index (Phi) is 5.98. The van der Waals surface area contributed by atoms with E-state index in [9.17, 15) is 0 Å². The molecule has 0 saturated heterocycles. The highest BCUT2D eigenvalue weighted by Gasteiger charge is 2.31. The lowest BCUT2D eigenvalue weighted by molar-refractivity contribution is 0.307. The molecule has 166 valence electrons. The summed E-state index contributed by atoms with van der Waals surface area (Å²) in [6.45, 7) is 8.76. The van der Waals surface area contributed by atoms with Crippen LogP contribution in [-0.4, -0.2) is 11.1 Å². The van der Waals surface area contributed by atoms with Crippen LogP contribution in [-0.2, 0) is 6.61 Å². The summed E-state index contributed by atoms with van der Waals surface area (Å²) in [6.07, 6.45) is 0.818. The molecule has 3 heteroatoms. The molecule has 0 aliphatic heterocycles. The molecule has 1 atom stereocenters. The molecule has 0 radical (unpaired) electrons. The predicted octanol–water partition coefficient (Wildman–Crippen LogP) is 6.52. The fourth-order valence-corrected chi connectivity index (χ4v) is 4.55. The Morgan fingerprint density at radius 2 is 1.28 bits per heavy atom. The smallest absolute Gasteiger partial charge is 0.119 e. The van der Waals surface area contributed by atoms with Crippen molar-refractivity contribution >= 4 is 21.5 Å². The van der Waals surface area contributed by atoms with Crippen LogP contribution in [0.15, 0.2) is 78.9 Å². The summed E-state index contributed by atoms with van der Waals surface area (Å²) in [5, 5.41) is 4.94. The van der Waals surface area contributed by atoms with Crippen LogP contribution in [0.3, 0.4) is 0 Å². The Morgan fingerprint density at radius 1 is 0.750 bits per heavy atom. The van der Waals surface area contributed by atoms with Crippen LogP contribution in [0.5, 0.6) is 5.75 Å². The summed E-state index contributed by atoms with van der Waals surface area (Å²) in [5.41, 5.74) is 14.6. The monoisotopic (exact) mass is 426 g/mol. The second kappa shape index (κ2) is 8.57. The van der Waals surface area contributed by atoms with Crippen molar-refractivity contribution in [3.63, 3.8) is 0 Å². The van der Waals surface area contributed by atoms with Crippen LogP contribution >= 0.6 is 0 Å². The van der Waals surface area contributed by atoms with Gasteiger partial charge in [0.25, 0.3) is 0 Å². The van der Waals surface area contributed by atoms with Gasteiger partial charge in [0.05, 0.1) is 0 Å². The first-order valence-corrected chi connectivity index (χ1v) is 11.3. The predicted molar refractivity (Wildman–Crippen MR) is 136 cm³/mol. The second-order valence-electron chi connectivity index (χ2n) is 10.2. The van der Waals surface area contributed by atoms with Crippen LogP contribution in [0, 0.1) is 0 Å². The molecule has 0 saturated carbocycles. The van der Waals surface area contributed by atoms with Gasteiger partial charge in [0.2, 0.25) is 0 Å². The number of rotatable bonds is 7. The van der Waals surface area contributed by atoms with E-state index in [0.717, 1.165) is 12.2 Å². The van der Waals surface area contributed by atoms with Crippen molar-refractivity contribution in [1.82, 2.24) is 0 Å². The first-order chi connectivity index (χ1) is 15.1. The fourth-order valence-electron chi connectivity index (χ4n) is 4.55. The van der Waals surface area contributed by atoms with E-state index in [4.69, 9.17) is 16.2 Å². The SMILES string of the molecule is CC(C)(N)CC(c1ccc(OCc2c3ccccc3cc3ccccc23)cc1)C(C)(C)N. The molecule has 32 heavy (non-hydrogen) atoms. The first kappa shape index (κ1) is 22.3. The van der Waals surface area contributed by atoms with Gasteiger partial charge in [-0.1, -0.05) is 60.7 Å². The number of hydrogen-bond donors (Lipinski definition) is 2. The minimum Gasteiger partial charge on any atom is -0.489 e. The maximum absolute atomic E-state index is 6.51. The third kappa shape index (κ3) is 4.95. The quantitative estimate of drug-likeness (QED) is 0.331. The van der Waals surface area contributed by atoms with Gasteiger partial charge >= 0.3 is 0 Å². The van der Waals surface area contributed by atoms with Gasteiger partial charge in [-0.25, -0.2) is 0 Å². The molecule has 3 nitrogen and oxygen atoms in total. The Bertz CT molecular complexity index is 1160. The Morgan fingerprint density at radius 3 is 1.78 bits per heavy atom. The van der Waals surface area contributed by atoms with E-state index < -0.39 is 0 Å². The van der Waals surface area contributed by atoms with E-state index in [-0.39, 0.29) is 17.0 Å². The molecule has 4 rings (SSSR count). The van der Waals surface area contributed by atoms with E-state index >= 15 is 0 Å². The number of ether oxygens (including phenoxy) is 1. The number of hydrogen-bond acceptors (Lipinski definition) is 3. The molecule has 0 spiro atoms. The maximum Gasteiger partial charge on any atom is 0.119 e. The maximum atomic E-state index is 6.51. The Hall–Kier alpha value is -2.88. The zero-order valence-corrected chi connectivity index (χ0v) is 19.6. The summed E-state index contributed by atoms with van der Waals surface area (Å²) in [5.74, 6) is 1.02. The van der Waals surface area contributed by atoms with E-state index in [1.807, 2.05) is 12.1 Å². The molecule has 0 amide bonds. The highest BCUT2D eigenvalue weighted by atomic mass is 16.5. The zero-order valence-electron chi connectivity index (χ0n) is 19.6. The van der Waals surface area contributed by atoms with Crippen molar-refractivity contribution in [2.45, 2.75) is 57.7 Å². The molecule has 0 aliphatic rings. The van der Waals surface area contributed by atoms with Gasteiger partial charge in [0, 0.05) is 22.6 Å². The number of fused-ring (bicyclic) bond motifs is 2. The van der Waals surface area contributed by atoms with Gasteiger partial charge in [-0.2, -0.15) is 0 Å². The van der Waals surface area contributed by atoms with Gasteiger partial charge in [-0.3, -0.25) is 0 Å². The van der Waals surface area contributed by atoms with Gasteiger partial charge in [0.1, 0.15) is 12.4 Å². The normalized spacial score (nSPS) is 13.4. The van der Waals surface area contributed by atoms with Crippen molar-refractivity contribution < 1.29 is 4.74 Å². The molecule has 0 bridgehead atoms. The molecular weight excluding hydrogens is 392 g/mol. The molecule has 0 aliphatic carbocycles. The van der Waals surface area contributed by atoms with Crippen LogP contribution in [0.1, 0.15) is 51.2 Å². The van der Waals surface area contributed by atoms with E-state index in [1.54, 1.807) is 0 Å². The lowest BCUT2D eigenvalue weighted by atomic mass is 9.75.